The summed E-state index contributed by atoms with van der Waals surface area (Å²) in [6, 6.07) is 20.4. The molecule has 1 heterocycles. The van der Waals surface area contributed by atoms with E-state index in [0.29, 0.717) is 6.61 Å². The Balaban J connectivity index is 1.74. The molecule has 92 valence electrons. The number of rotatable bonds is 4. The van der Waals surface area contributed by atoms with E-state index in [2.05, 4.69) is 24.3 Å². The summed E-state index contributed by atoms with van der Waals surface area (Å²) in [6.45, 7) is 2.15. The molecule has 1 aliphatic rings. The summed E-state index contributed by atoms with van der Waals surface area (Å²) in [6.07, 6.45) is 0. The molecule has 2 heteroatoms. The zero-order chi connectivity index (χ0) is 12.3. The molecular formula is C16H16O2. The van der Waals surface area contributed by atoms with Crippen molar-refractivity contribution in [2.24, 2.45) is 0 Å². The van der Waals surface area contributed by atoms with Crippen LogP contribution in [-0.4, -0.2) is 19.8 Å². The van der Waals surface area contributed by atoms with Crippen molar-refractivity contribution >= 4 is 0 Å². The topological polar surface area (TPSA) is 18.5 Å². The molecule has 0 atom stereocenters. The molecular weight excluding hydrogens is 224 g/mol. The molecule has 2 nitrogen and oxygen atoms in total. The Morgan fingerprint density at radius 2 is 1.50 bits per heavy atom. The van der Waals surface area contributed by atoms with Gasteiger partial charge in [0.2, 0.25) is 0 Å². The lowest BCUT2D eigenvalue weighted by Crippen LogP contribution is -2.51. The average molecular weight is 240 g/mol. The Bertz CT molecular complexity index is 489. The predicted octanol–water partition coefficient (Wildman–Crippen LogP) is 3.03. The Morgan fingerprint density at radius 1 is 0.889 bits per heavy atom. The Morgan fingerprint density at radius 3 is 2.06 bits per heavy atom. The quantitative estimate of drug-likeness (QED) is 0.817. The molecule has 0 saturated carbocycles. The molecule has 1 fully saturated rings. The highest BCUT2D eigenvalue weighted by atomic mass is 16.5. The van der Waals surface area contributed by atoms with E-state index in [-0.39, 0.29) is 5.41 Å². The van der Waals surface area contributed by atoms with Gasteiger partial charge in [-0.2, -0.15) is 0 Å². The van der Waals surface area contributed by atoms with E-state index in [1.165, 1.54) is 5.56 Å². The van der Waals surface area contributed by atoms with E-state index >= 15 is 0 Å². The maximum Gasteiger partial charge on any atom is 0.119 e. The van der Waals surface area contributed by atoms with Crippen LogP contribution < -0.4 is 4.74 Å². The molecule has 1 saturated heterocycles. The van der Waals surface area contributed by atoms with E-state index in [4.69, 9.17) is 9.47 Å². The third-order valence-corrected chi connectivity index (χ3v) is 3.40. The van der Waals surface area contributed by atoms with Crippen LogP contribution in [0.4, 0.5) is 0 Å². The molecule has 0 amide bonds. The first-order chi connectivity index (χ1) is 8.89. The van der Waals surface area contributed by atoms with Crippen LogP contribution >= 0.6 is 0 Å². The second-order valence-corrected chi connectivity index (χ2v) is 4.74. The molecule has 0 aliphatic carbocycles. The van der Waals surface area contributed by atoms with Gasteiger partial charge in [0, 0.05) is 0 Å². The lowest BCUT2D eigenvalue weighted by atomic mass is 9.79. The average Bonchev–Trinajstić information content (AvgIpc) is 2.40. The number of ether oxygens (including phenoxy) is 2. The summed E-state index contributed by atoms with van der Waals surface area (Å²) in [5, 5.41) is 0. The highest BCUT2D eigenvalue weighted by Gasteiger charge is 2.41. The second-order valence-electron chi connectivity index (χ2n) is 4.74. The van der Waals surface area contributed by atoms with E-state index < -0.39 is 0 Å². The van der Waals surface area contributed by atoms with Gasteiger partial charge in [0.15, 0.2) is 0 Å². The highest BCUT2D eigenvalue weighted by Crippen LogP contribution is 2.33. The molecule has 18 heavy (non-hydrogen) atoms. The maximum absolute atomic E-state index is 5.89. The first kappa shape index (κ1) is 11.3. The van der Waals surface area contributed by atoms with Crippen molar-refractivity contribution in [2.75, 3.05) is 19.8 Å². The SMILES string of the molecule is c1ccc(OCC2(c3ccccc3)COC2)cc1. The van der Waals surface area contributed by atoms with Gasteiger partial charge in [0.25, 0.3) is 0 Å². The van der Waals surface area contributed by atoms with Gasteiger partial charge in [-0.15, -0.1) is 0 Å². The molecule has 0 radical (unpaired) electrons. The van der Waals surface area contributed by atoms with Crippen LogP contribution in [0, 0.1) is 0 Å². The second kappa shape index (κ2) is 4.83. The predicted molar refractivity (Wildman–Crippen MR) is 70.9 cm³/mol. The van der Waals surface area contributed by atoms with Gasteiger partial charge in [0.05, 0.1) is 18.6 Å². The minimum atomic E-state index is 0.0249. The zero-order valence-corrected chi connectivity index (χ0v) is 10.2. The first-order valence-electron chi connectivity index (χ1n) is 6.20. The van der Waals surface area contributed by atoms with Gasteiger partial charge in [-0.05, 0) is 17.7 Å². The normalized spacial score (nSPS) is 16.9. The standard InChI is InChI=1S/C16H16O2/c1-3-7-14(8-4-1)16(11-17-12-16)13-18-15-9-5-2-6-10-15/h1-10H,11-13H2. The van der Waals surface area contributed by atoms with Crippen LogP contribution in [0.15, 0.2) is 60.7 Å². The minimum absolute atomic E-state index is 0.0249. The maximum atomic E-state index is 5.89. The molecule has 2 aromatic carbocycles. The van der Waals surface area contributed by atoms with Gasteiger partial charge in [-0.1, -0.05) is 48.5 Å². The zero-order valence-electron chi connectivity index (χ0n) is 10.2. The van der Waals surface area contributed by atoms with Crippen LogP contribution in [0.1, 0.15) is 5.56 Å². The van der Waals surface area contributed by atoms with Gasteiger partial charge >= 0.3 is 0 Å². The molecule has 0 unspecified atom stereocenters. The summed E-state index contributed by atoms with van der Waals surface area (Å²) in [7, 11) is 0. The fourth-order valence-corrected chi connectivity index (χ4v) is 2.21. The molecule has 3 rings (SSSR count). The van der Waals surface area contributed by atoms with Crippen LogP contribution in [-0.2, 0) is 10.2 Å². The summed E-state index contributed by atoms with van der Waals surface area (Å²) >= 11 is 0. The van der Waals surface area contributed by atoms with Crippen LogP contribution in [0.25, 0.3) is 0 Å². The van der Waals surface area contributed by atoms with Crippen molar-refractivity contribution in [1.29, 1.82) is 0 Å². The van der Waals surface area contributed by atoms with Crippen LogP contribution in [0.2, 0.25) is 0 Å². The van der Waals surface area contributed by atoms with Gasteiger partial charge in [-0.3, -0.25) is 0 Å². The molecule has 2 aromatic rings. The monoisotopic (exact) mass is 240 g/mol. The van der Waals surface area contributed by atoms with Gasteiger partial charge in [-0.25, -0.2) is 0 Å². The van der Waals surface area contributed by atoms with Crippen molar-refractivity contribution in [3.8, 4) is 5.75 Å². The van der Waals surface area contributed by atoms with Crippen molar-refractivity contribution < 1.29 is 9.47 Å². The number of hydrogen-bond acceptors (Lipinski definition) is 2. The Hall–Kier alpha value is -1.80. The first-order valence-corrected chi connectivity index (χ1v) is 6.20. The van der Waals surface area contributed by atoms with E-state index in [0.717, 1.165) is 19.0 Å². The molecule has 0 bridgehead atoms. The molecule has 0 spiro atoms. The van der Waals surface area contributed by atoms with Gasteiger partial charge in [0.1, 0.15) is 12.4 Å². The minimum Gasteiger partial charge on any atom is -0.492 e. The third-order valence-electron chi connectivity index (χ3n) is 3.40. The van der Waals surface area contributed by atoms with Crippen molar-refractivity contribution in [1.82, 2.24) is 0 Å². The molecule has 1 aliphatic heterocycles. The van der Waals surface area contributed by atoms with Crippen LogP contribution in [0.5, 0.6) is 5.75 Å². The summed E-state index contributed by atoms with van der Waals surface area (Å²) in [5.41, 5.74) is 1.32. The molecule has 0 aromatic heterocycles. The third kappa shape index (κ3) is 2.12. The van der Waals surface area contributed by atoms with E-state index in [1.54, 1.807) is 0 Å². The van der Waals surface area contributed by atoms with E-state index in [9.17, 15) is 0 Å². The number of para-hydroxylation sites is 1. The Labute approximate surface area is 107 Å². The fraction of sp³-hybridized carbons (Fsp3) is 0.250. The molecule has 0 N–H and O–H groups in total. The lowest BCUT2D eigenvalue weighted by molar-refractivity contribution is -0.0795. The van der Waals surface area contributed by atoms with Crippen molar-refractivity contribution in [3.63, 3.8) is 0 Å². The largest absolute Gasteiger partial charge is 0.492 e. The Kier molecular flexibility index (Phi) is 3.03. The number of hydrogen-bond donors (Lipinski definition) is 0. The lowest BCUT2D eigenvalue weighted by Gasteiger charge is -2.41. The highest BCUT2D eigenvalue weighted by molar-refractivity contribution is 5.29. The summed E-state index contributed by atoms with van der Waals surface area (Å²) in [4.78, 5) is 0. The van der Waals surface area contributed by atoms with Crippen LogP contribution in [0.3, 0.4) is 0 Å². The fourth-order valence-electron chi connectivity index (χ4n) is 2.21. The number of benzene rings is 2. The van der Waals surface area contributed by atoms with Crippen molar-refractivity contribution in [2.45, 2.75) is 5.41 Å². The van der Waals surface area contributed by atoms with E-state index in [1.807, 2.05) is 36.4 Å². The summed E-state index contributed by atoms with van der Waals surface area (Å²) < 4.78 is 11.3. The smallest absolute Gasteiger partial charge is 0.119 e. The summed E-state index contributed by atoms with van der Waals surface area (Å²) in [5.74, 6) is 0.916. The van der Waals surface area contributed by atoms with Crippen molar-refractivity contribution in [3.05, 3.63) is 66.2 Å². The van der Waals surface area contributed by atoms with Gasteiger partial charge < -0.3 is 9.47 Å².